The van der Waals surface area contributed by atoms with Crippen LogP contribution in [0.1, 0.15) is 10.4 Å². The quantitative estimate of drug-likeness (QED) is 0.717. The Kier molecular flexibility index (Phi) is 5.06. The van der Waals surface area contributed by atoms with Crippen molar-refractivity contribution in [2.45, 2.75) is 6.10 Å². The van der Waals surface area contributed by atoms with Crippen LogP contribution >= 0.6 is 43.5 Å². The van der Waals surface area contributed by atoms with Gasteiger partial charge >= 0.3 is 0 Å². The van der Waals surface area contributed by atoms with Crippen LogP contribution in [0, 0.1) is 0 Å². The smallest absolute Gasteiger partial charge is 0.254 e. The largest absolute Gasteiger partial charge is 0.374 e. The van der Waals surface area contributed by atoms with E-state index in [4.69, 9.17) is 16.3 Å². The van der Waals surface area contributed by atoms with Crippen molar-refractivity contribution < 1.29 is 9.53 Å². The van der Waals surface area contributed by atoms with Crippen LogP contribution in [-0.2, 0) is 4.74 Å². The molecule has 1 aliphatic rings. The number of nitrogens with zero attached hydrogens (tertiary/aromatic N) is 1. The van der Waals surface area contributed by atoms with Gasteiger partial charge in [0.2, 0.25) is 0 Å². The minimum absolute atomic E-state index is 0.00699. The number of ether oxygens (including phenoxy) is 1. The maximum Gasteiger partial charge on any atom is 0.254 e. The first-order valence-corrected chi connectivity index (χ1v) is 7.82. The molecule has 1 saturated heterocycles. The number of benzene rings is 1. The van der Waals surface area contributed by atoms with Gasteiger partial charge in [0, 0.05) is 33.5 Å². The normalized spacial score (nSPS) is 19.9. The summed E-state index contributed by atoms with van der Waals surface area (Å²) in [6, 6.07) is 5.24. The van der Waals surface area contributed by atoms with Gasteiger partial charge in [0.1, 0.15) is 0 Å². The number of carbonyl (C=O) groups is 1. The lowest BCUT2D eigenvalue weighted by molar-refractivity contribution is -0.00965. The molecular formula is C12H12Br2ClNO2. The van der Waals surface area contributed by atoms with E-state index in [0.717, 1.165) is 9.80 Å². The number of halogens is 3. The second-order valence-electron chi connectivity index (χ2n) is 4.06. The summed E-state index contributed by atoms with van der Waals surface area (Å²) >= 11 is 12.7. The van der Waals surface area contributed by atoms with E-state index in [1.54, 1.807) is 23.1 Å². The average Bonchev–Trinajstić information content (AvgIpc) is 2.37. The van der Waals surface area contributed by atoms with Crippen molar-refractivity contribution in [2.24, 2.45) is 0 Å². The van der Waals surface area contributed by atoms with Gasteiger partial charge in [-0.1, -0.05) is 43.5 Å². The van der Waals surface area contributed by atoms with Gasteiger partial charge in [-0.05, 0) is 18.2 Å². The number of rotatable bonds is 2. The molecular weight excluding hydrogens is 385 g/mol. The number of hydrogen-bond acceptors (Lipinski definition) is 2. The molecule has 0 radical (unpaired) electrons. The maximum atomic E-state index is 12.3. The monoisotopic (exact) mass is 395 g/mol. The highest BCUT2D eigenvalue weighted by atomic mass is 79.9. The fourth-order valence-corrected chi connectivity index (χ4v) is 3.11. The molecule has 3 nitrogen and oxygen atoms in total. The van der Waals surface area contributed by atoms with Crippen molar-refractivity contribution in [3.63, 3.8) is 0 Å². The Bertz CT molecular complexity index is 435. The van der Waals surface area contributed by atoms with E-state index in [1.165, 1.54) is 0 Å². The Morgan fingerprint density at radius 2 is 2.28 bits per heavy atom. The first kappa shape index (κ1) is 14.3. The molecule has 0 N–H and O–H groups in total. The summed E-state index contributed by atoms with van der Waals surface area (Å²) in [6.07, 6.45) is 0.0605. The number of amides is 1. The summed E-state index contributed by atoms with van der Waals surface area (Å²) in [4.78, 5) is 14.1. The van der Waals surface area contributed by atoms with Gasteiger partial charge in [0.25, 0.3) is 5.91 Å². The van der Waals surface area contributed by atoms with E-state index in [1.807, 2.05) is 0 Å². The highest BCUT2D eigenvalue weighted by Crippen LogP contribution is 2.21. The van der Waals surface area contributed by atoms with E-state index in [-0.39, 0.29) is 12.0 Å². The summed E-state index contributed by atoms with van der Waals surface area (Å²) in [5.74, 6) is -0.00699. The molecule has 1 atom stereocenters. The summed E-state index contributed by atoms with van der Waals surface area (Å²) in [7, 11) is 0. The predicted octanol–water partition coefficient (Wildman–Crippen LogP) is 3.34. The summed E-state index contributed by atoms with van der Waals surface area (Å²) < 4.78 is 6.32. The van der Waals surface area contributed by atoms with Crippen LogP contribution in [0.5, 0.6) is 0 Å². The third-order valence-corrected chi connectivity index (χ3v) is 4.11. The topological polar surface area (TPSA) is 29.5 Å². The lowest BCUT2D eigenvalue weighted by atomic mass is 10.2. The van der Waals surface area contributed by atoms with Crippen LogP contribution in [-0.4, -0.2) is 41.9 Å². The molecule has 1 fully saturated rings. The minimum Gasteiger partial charge on any atom is -0.374 e. The van der Waals surface area contributed by atoms with Crippen molar-refractivity contribution in [2.75, 3.05) is 25.0 Å². The van der Waals surface area contributed by atoms with E-state index >= 15 is 0 Å². The molecule has 1 aliphatic heterocycles. The van der Waals surface area contributed by atoms with Crippen molar-refractivity contribution in [3.05, 3.63) is 33.3 Å². The Labute approximate surface area is 128 Å². The molecule has 1 aromatic rings. The lowest BCUT2D eigenvalue weighted by Crippen LogP contribution is -2.46. The molecule has 6 heteroatoms. The highest BCUT2D eigenvalue weighted by Gasteiger charge is 2.24. The zero-order chi connectivity index (χ0) is 13.1. The molecule has 1 amide bonds. The zero-order valence-corrected chi connectivity index (χ0v) is 13.5. The Morgan fingerprint density at radius 3 is 2.94 bits per heavy atom. The SMILES string of the molecule is O=C(c1cc(Cl)cc(Br)c1)N1CCOC(CBr)C1. The first-order valence-electron chi connectivity index (χ1n) is 5.53. The van der Waals surface area contributed by atoms with E-state index in [9.17, 15) is 4.79 Å². The van der Waals surface area contributed by atoms with Crippen LogP contribution < -0.4 is 0 Å². The summed E-state index contributed by atoms with van der Waals surface area (Å²) in [6.45, 7) is 1.80. The van der Waals surface area contributed by atoms with Gasteiger partial charge in [0.05, 0.1) is 12.7 Å². The van der Waals surface area contributed by atoms with Crippen LogP contribution in [0.4, 0.5) is 0 Å². The summed E-state index contributed by atoms with van der Waals surface area (Å²) in [5.41, 5.74) is 0.601. The van der Waals surface area contributed by atoms with Crippen LogP contribution in [0.25, 0.3) is 0 Å². The van der Waals surface area contributed by atoms with Gasteiger partial charge < -0.3 is 9.64 Å². The second-order valence-corrected chi connectivity index (χ2v) is 6.06. The molecule has 0 aromatic heterocycles. The standard InChI is InChI=1S/C12H12Br2ClNO2/c13-6-11-7-16(1-2-18-11)12(17)8-3-9(14)5-10(15)4-8/h3-5,11H,1-2,6-7H2. The molecule has 0 saturated carbocycles. The molecule has 1 aromatic carbocycles. The Hall–Kier alpha value is -0.100. The predicted molar refractivity (Wildman–Crippen MR) is 78.6 cm³/mol. The number of hydrogen-bond donors (Lipinski definition) is 0. The van der Waals surface area contributed by atoms with Crippen LogP contribution in [0.15, 0.2) is 22.7 Å². The summed E-state index contributed by atoms with van der Waals surface area (Å²) in [5, 5.41) is 1.29. The fraction of sp³-hybridized carbons (Fsp3) is 0.417. The van der Waals surface area contributed by atoms with E-state index in [2.05, 4.69) is 31.9 Å². The average molecular weight is 397 g/mol. The van der Waals surface area contributed by atoms with Crippen molar-refractivity contribution in [3.8, 4) is 0 Å². The van der Waals surface area contributed by atoms with E-state index in [0.29, 0.717) is 30.3 Å². The molecule has 18 heavy (non-hydrogen) atoms. The maximum absolute atomic E-state index is 12.3. The van der Waals surface area contributed by atoms with Crippen molar-refractivity contribution >= 4 is 49.4 Å². The molecule has 0 aliphatic carbocycles. The number of alkyl halides is 1. The van der Waals surface area contributed by atoms with Crippen molar-refractivity contribution in [1.82, 2.24) is 4.90 Å². The van der Waals surface area contributed by atoms with Gasteiger partial charge in [0.15, 0.2) is 0 Å². The van der Waals surface area contributed by atoms with Gasteiger partial charge in [-0.2, -0.15) is 0 Å². The van der Waals surface area contributed by atoms with Crippen molar-refractivity contribution in [1.29, 1.82) is 0 Å². The molecule has 1 heterocycles. The lowest BCUT2D eigenvalue weighted by Gasteiger charge is -2.32. The minimum atomic E-state index is -0.00699. The Balaban J connectivity index is 2.15. The molecule has 1 unspecified atom stereocenters. The number of morpholine rings is 1. The zero-order valence-electron chi connectivity index (χ0n) is 9.54. The van der Waals surface area contributed by atoms with Crippen LogP contribution in [0.3, 0.4) is 0 Å². The highest BCUT2D eigenvalue weighted by molar-refractivity contribution is 9.10. The van der Waals surface area contributed by atoms with Gasteiger partial charge in [-0.25, -0.2) is 0 Å². The molecule has 98 valence electrons. The molecule has 0 spiro atoms. The third kappa shape index (κ3) is 3.47. The Morgan fingerprint density at radius 1 is 1.50 bits per heavy atom. The van der Waals surface area contributed by atoms with E-state index < -0.39 is 0 Å². The van der Waals surface area contributed by atoms with Crippen LogP contribution in [0.2, 0.25) is 5.02 Å². The number of carbonyl (C=O) groups excluding carboxylic acids is 1. The molecule has 2 rings (SSSR count). The van der Waals surface area contributed by atoms with Gasteiger partial charge in [-0.3, -0.25) is 4.79 Å². The molecule has 0 bridgehead atoms. The first-order chi connectivity index (χ1) is 8.60. The second kappa shape index (κ2) is 6.37. The van der Waals surface area contributed by atoms with Gasteiger partial charge in [-0.15, -0.1) is 0 Å². The third-order valence-electron chi connectivity index (χ3n) is 2.71. The fourth-order valence-electron chi connectivity index (χ4n) is 1.86.